The molecule has 2 N–H and O–H groups in total. The van der Waals surface area contributed by atoms with Gasteiger partial charge in [0.15, 0.2) is 0 Å². The van der Waals surface area contributed by atoms with Gasteiger partial charge in [-0.2, -0.15) is 0 Å². The molecule has 2 aromatic carbocycles. The number of halogens is 3. The van der Waals surface area contributed by atoms with E-state index >= 15 is 8.78 Å². The summed E-state index contributed by atoms with van der Waals surface area (Å²) in [6, 6.07) is 11.3. The molecule has 0 spiro atoms. The second kappa shape index (κ2) is 15.2. The van der Waals surface area contributed by atoms with Gasteiger partial charge >= 0.3 is 12.1 Å². The Morgan fingerprint density at radius 3 is 2.35 bits per heavy atom. The molecule has 3 aliphatic rings. The first-order chi connectivity index (χ1) is 24.3. The van der Waals surface area contributed by atoms with Crippen molar-refractivity contribution in [1.29, 1.82) is 0 Å². The minimum Gasteiger partial charge on any atom is -0.444 e. The van der Waals surface area contributed by atoms with Crippen molar-refractivity contribution in [3.8, 4) is 11.3 Å². The van der Waals surface area contributed by atoms with Crippen molar-refractivity contribution in [2.75, 3.05) is 45.9 Å². The maximum atomic E-state index is 15.9. The number of nitrogens with zero attached hydrogens (tertiary/aromatic N) is 5. The third kappa shape index (κ3) is 8.50. The number of carbonyl (C=O) groups excluding carboxylic acids is 2. The molecule has 14 heteroatoms. The van der Waals surface area contributed by atoms with Crippen LogP contribution in [0.15, 0.2) is 54.7 Å². The smallest absolute Gasteiger partial charge is 0.410 e. The Morgan fingerprint density at radius 1 is 1.00 bits per heavy atom. The van der Waals surface area contributed by atoms with Crippen molar-refractivity contribution in [1.82, 2.24) is 24.3 Å². The number of imidazole rings is 1. The standard InChI is InChI=1S/C37H46F3N5O6/c1-37(2,3)51-36(49)44-17-25(29(40)19-44)18-45(35(48)43-21-31(46)32(47)22-43)33(24-11-13-50-14-12-24)34-41-30(27-15-26(38)9-10-28(27)39)20-42(34)16-23-7-5-4-6-8-23/h4-10,15,20,24-25,29,31-33,46-47H,11-14,16-19,21-22H2,1-3H3/t25-,29-,31-,32+,33+/m0/s1. The van der Waals surface area contributed by atoms with Gasteiger partial charge in [0.25, 0.3) is 0 Å². The quantitative estimate of drug-likeness (QED) is 0.337. The van der Waals surface area contributed by atoms with Gasteiger partial charge in [-0.25, -0.2) is 27.7 Å². The van der Waals surface area contributed by atoms with Gasteiger partial charge in [0.2, 0.25) is 0 Å². The van der Waals surface area contributed by atoms with Crippen LogP contribution in [0.25, 0.3) is 11.3 Å². The molecule has 0 saturated carbocycles. The molecular formula is C37H46F3N5O6. The molecular weight excluding hydrogens is 667 g/mol. The number of hydrogen-bond acceptors (Lipinski definition) is 7. The van der Waals surface area contributed by atoms with Crippen LogP contribution in [-0.2, 0) is 16.0 Å². The first-order valence-corrected chi connectivity index (χ1v) is 17.4. The molecule has 1 aromatic heterocycles. The summed E-state index contributed by atoms with van der Waals surface area (Å²) in [5, 5.41) is 20.8. The van der Waals surface area contributed by atoms with Gasteiger partial charge in [0.1, 0.15) is 29.2 Å². The number of carbonyl (C=O) groups is 2. The van der Waals surface area contributed by atoms with Gasteiger partial charge in [-0.3, -0.25) is 0 Å². The molecule has 3 aromatic rings. The number of ether oxygens (including phenoxy) is 2. The summed E-state index contributed by atoms with van der Waals surface area (Å²) < 4.78 is 58.7. The Bertz CT molecular complexity index is 1670. The molecule has 5 atom stereocenters. The number of rotatable bonds is 8. The number of hydrogen-bond donors (Lipinski definition) is 2. The van der Waals surface area contributed by atoms with Crippen LogP contribution in [-0.4, -0.2) is 117 Å². The SMILES string of the molecule is CC(C)(C)OC(=O)N1C[C@@H](CN(C(=O)N2C[C@@H](O)[C@@H](O)C2)[C@@H](c2nc(-c3cc(F)ccc3F)cn2Cc2ccccc2)C2CCOCC2)[C@@H](F)C1. The van der Waals surface area contributed by atoms with E-state index in [1.807, 2.05) is 34.9 Å². The Balaban J connectivity index is 1.45. The molecule has 0 bridgehead atoms. The Morgan fingerprint density at radius 2 is 1.69 bits per heavy atom. The summed E-state index contributed by atoms with van der Waals surface area (Å²) >= 11 is 0. The third-order valence-corrected chi connectivity index (χ3v) is 9.74. The van der Waals surface area contributed by atoms with E-state index in [-0.39, 0.29) is 56.4 Å². The maximum Gasteiger partial charge on any atom is 0.410 e. The minimum absolute atomic E-state index is 0.0101. The van der Waals surface area contributed by atoms with Crippen LogP contribution in [0.2, 0.25) is 0 Å². The molecule has 3 amide bonds. The summed E-state index contributed by atoms with van der Waals surface area (Å²) in [6.45, 7) is 5.63. The molecule has 51 heavy (non-hydrogen) atoms. The minimum atomic E-state index is -1.49. The summed E-state index contributed by atoms with van der Waals surface area (Å²) in [6.07, 6.45) is -1.79. The number of likely N-dealkylation sites (tertiary alicyclic amines) is 2. The lowest BCUT2D eigenvalue weighted by molar-refractivity contribution is 0.0195. The van der Waals surface area contributed by atoms with Crippen molar-refractivity contribution in [3.63, 3.8) is 0 Å². The normalized spacial score (nSPS) is 23.5. The molecule has 0 unspecified atom stereocenters. The summed E-state index contributed by atoms with van der Waals surface area (Å²) in [7, 11) is 0. The van der Waals surface area contributed by atoms with Gasteiger partial charge in [-0.05, 0) is 63.3 Å². The summed E-state index contributed by atoms with van der Waals surface area (Å²) in [4.78, 5) is 36.7. The fraction of sp³-hybridized carbons (Fsp3) is 0.541. The van der Waals surface area contributed by atoms with Crippen molar-refractivity contribution >= 4 is 12.1 Å². The van der Waals surface area contributed by atoms with E-state index in [1.54, 1.807) is 27.0 Å². The molecule has 276 valence electrons. The van der Waals surface area contributed by atoms with Crippen LogP contribution in [0.4, 0.5) is 22.8 Å². The van der Waals surface area contributed by atoms with Crippen molar-refractivity contribution in [2.45, 2.75) is 70.2 Å². The number of β-amino-alcohol motifs (C(OH)–C–C–N with tert-alkyl or cyclic N) is 2. The average Bonchev–Trinajstić information content (AvgIpc) is 3.78. The topological polar surface area (TPSA) is 121 Å². The fourth-order valence-corrected chi connectivity index (χ4v) is 7.18. The van der Waals surface area contributed by atoms with Crippen LogP contribution < -0.4 is 0 Å². The van der Waals surface area contributed by atoms with Crippen molar-refractivity contribution in [3.05, 3.63) is 77.8 Å². The van der Waals surface area contributed by atoms with Gasteiger partial charge in [0.05, 0.1) is 43.6 Å². The van der Waals surface area contributed by atoms with Gasteiger partial charge in [0, 0.05) is 50.5 Å². The van der Waals surface area contributed by atoms with Gasteiger partial charge in [-0.15, -0.1) is 0 Å². The van der Waals surface area contributed by atoms with Crippen LogP contribution in [0.3, 0.4) is 0 Å². The monoisotopic (exact) mass is 713 g/mol. The highest BCUT2D eigenvalue weighted by Crippen LogP contribution is 2.39. The number of aromatic nitrogens is 2. The van der Waals surface area contributed by atoms with E-state index in [2.05, 4.69) is 0 Å². The summed E-state index contributed by atoms with van der Waals surface area (Å²) in [5.74, 6) is -1.98. The predicted molar refractivity (Wildman–Crippen MR) is 181 cm³/mol. The van der Waals surface area contributed by atoms with Gasteiger partial charge < -0.3 is 39.0 Å². The molecule has 3 saturated heterocycles. The van der Waals surface area contributed by atoms with E-state index in [4.69, 9.17) is 14.5 Å². The molecule has 6 rings (SSSR count). The first kappa shape index (κ1) is 36.6. The summed E-state index contributed by atoms with van der Waals surface area (Å²) in [5.41, 5.74) is 0.215. The number of aliphatic hydroxyl groups is 2. The van der Waals surface area contributed by atoms with Crippen molar-refractivity contribution < 1.29 is 42.4 Å². The van der Waals surface area contributed by atoms with Gasteiger partial charge in [-0.1, -0.05) is 30.3 Å². The van der Waals surface area contributed by atoms with E-state index < -0.39 is 59.7 Å². The van der Waals surface area contributed by atoms with E-state index in [9.17, 15) is 24.2 Å². The van der Waals surface area contributed by atoms with E-state index in [0.29, 0.717) is 31.9 Å². The van der Waals surface area contributed by atoms with Crippen molar-refractivity contribution in [2.24, 2.45) is 11.8 Å². The lowest BCUT2D eigenvalue weighted by atomic mass is 9.89. The van der Waals surface area contributed by atoms with Crippen LogP contribution >= 0.6 is 0 Å². The van der Waals surface area contributed by atoms with Crippen LogP contribution in [0, 0.1) is 23.5 Å². The maximum absolute atomic E-state index is 15.9. The molecule has 0 radical (unpaired) electrons. The second-order valence-electron chi connectivity index (χ2n) is 14.8. The Hall–Kier alpha value is -4.14. The molecule has 11 nitrogen and oxygen atoms in total. The van der Waals surface area contributed by atoms with E-state index in [1.165, 1.54) is 14.7 Å². The number of urea groups is 1. The number of benzene rings is 2. The number of alkyl halides is 1. The highest BCUT2D eigenvalue weighted by molar-refractivity contribution is 5.76. The Kier molecular flexibility index (Phi) is 10.9. The third-order valence-electron chi connectivity index (χ3n) is 9.74. The Labute approximate surface area is 295 Å². The van der Waals surface area contributed by atoms with Crippen LogP contribution in [0.5, 0.6) is 0 Å². The number of aliphatic hydroxyl groups excluding tert-OH is 2. The molecule has 3 fully saturated rings. The lowest BCUT2D eigenvalue weighted by Crippen LogP contribution is -2.50. The zero-order valence-electron chi connectivity index (χ0n) is 29.1. The largest absolute Gasteiger partial charge is 0.444 e. The average molecular weight is 714 g/mol. The lowest BCUT2D eigenvalue weighted by Gasteiger charge is -2.41. The predicted octanol–water partition coefficient (Wildman–Crippen LogP) is 5.01. The second-order valence-corrected chi connectivity index (χ2v) is 14.8. The zero-order chi connectivity index (χ0) is 36.4. The van der Waals surface area contributed by atoms with E-state index in [0.717, 1.165) is 23.8 Å². The molecule has 4 heterocycles. The van der Waals surface area contributed by atoms with Crippen LogP contribution in [0.1, 0.15) is 51.0 Å². The molecule has 3 aliphatic heterocycles. The number of amides is 3. The first-order valence-electron chi connectivity index (χ1n) is 17.4. The fourth-order valence-electron chi connectivity index (χ4n) is 7.18. The highest BCUT2D eigenvalue weighted by Gasteiger charge is 2.45. The molecule has 0 aliphatic carbocycles. The zero-order valence-corrected chi connectivity index (χ0v) is 29.1. The highest BCUT2D eigenvalue weighted by atomic mass is 19.1.